The number of hydrogen-bond donors (Lipinski definition) is 0. The summed E-state index contributed by atoms with van der Waals surface area (Å²) in [5.41, 5.74) is 0.621. The molecule has 0 aliphatic rings. The van der Waals surface area contributed by atoms with Crippen LogP contribution in [0.4, 0.5) is 14.5 Å². The van der Waals surface area contributed by atoms with Crippen molar-refractivity contribution in [3.8, 4) is 11.3 Å². The molecule has 0 unspecified atom stereocenters. The van der Waals surface area contributed by atoms with Gasteiger partial charge in [-0.15, -0.1) is 0 Å². The first-order chi connectivity index (χ1) is 13.0. The lowest BCUT2D eigenvalue weighted by atomic mass is 10.00. The minimum absolute atomic E-state index is 0.0228. The summed E-state index contributed by atoms with van der Waals surface area (Å²) in [5.74, 6) is -1.92. The highest BCUT2D eigenvalue weighted by Crippen LogP contribution is 2.40. The Morgan fingerprint density at radius 3 is 2.46 bits per heavy atom. The molecule has 1 heterocycles. The zero-order chi connectivity index (χ0) is 20.8. The number of Topliss-reactive ketones (excluding diaryl/α,β-unsaturated/α-hetero) is 1. The van der Waals surface area contributed by atoms with E-state index in [0.717, 1.165) is 16.6 Å². The first kappa shape index (κ1) is 20.5. The molecule has 0 N–H and O–H groups in total. The Morgan fingerprint density at radius 2 is 1.89 bits per heavy atom. The predicted molar refractivity (Wildman–Crippen MR) is 107 cm³/mol. The van der Waals surface area contributed by atoms with Crippen LogP contribution in [0.15, 0.2) is 39.2 Å². The summed E-state index contributed by atoms with van der Waals surface area (Å²) in [7, 11) is -2.16. The average molecular weight is 472 g/mol. The van der Waals surface area contributed by atoms with Gasteiger partial charge in [0.05, 0.1) is 23.1 Å². The van der Waals surface area contributed by atoms with Gasteiger partial charge in [0.15, 0.2) is 5.78 Å². The van der Waals surface area contributed by atoms with Crippen LogP contribution in [0.25, 0.3) is 22.3 Å². The topological polar surface area (TPSA) is 67.6 Å². The van der Waals surface area contributed by atoms with Crippen LogP contribution in [0.1, 0.15) is 23.7 Å². The molecule has 0 amide bonds. The Morgan fingerprint density at radius 1 is 1.21 bits per heavy atom. The molecule has 148 valence electrons. The number of carbonyl (C=O) groups is 1. The number of anilines is 1. The molecular weight excluding hydrogens is 456 g/mol. The van der Waals surface area contributed by atoms with Crippen molar-refractivity contribution in [3.05, 3.63) is 52.0 Å². The van der Waals surface area contributed by atoms with Crippen molar-refractivity contribution < 1.29 is 26.4 Å². The molecule has 0 bridgehead atoms. The molecule has 0 saturated heterocycles. The summed E-state index contributed by atoms with van der Waals surface area (Å²) in [6.07, 6.45) is 1.20. The third kappa shape index (κ3) is 3.56. The molecule has 5 nitrogen and oxygen atoms in total. The summed E-state index contributed by atoms with van der Waals surface area (Å²) in [6.45, 7) is 1.66. The normalized spacial score (nSPS) is 11.8. The Hall–Kier alpha value is -2.26. The van der Waals surface area contributed by atoms with Crippen molar-refractivity contribution in [3.63, 3.8) is 0 Å². The van der Waals surface area contributed by atoms with Gasteiger partial charge in [0, 0.05) is 35.5 Å². The van der Waals surface area contributed by atoms with Gasteiger partial charge in [-0.3, -0.25) is 9.10 Å². The van der Waals surface area contributed by atoms with Gasteiger partial charge in [0.1, 0.15) is 23.0 Å². The highest BCUT2D eigenvalue weighted by atomic mass is 79.9. The number of nitrogens with zero attached hydrogens (tertiary/aromatic N) is 1. The molecule has 0 saturated carbocycles. The van der Waals surface area contributed by atoms with E-state index in [2.05, 4.69) is 15.9 Å². The Kier molecular flexibility index (Phi) is 5.33. The zero-order valence-electron chi connectivity index (χ0n) is 15.2. The SMILES string of the molecule is CCC(=O)c1c(-c2ccc(F)cc2F)oc2cc(N(C)S(C)(=O)=O)c(Br)cc12. The number of benzene rings is 2. The van der Waals surface area contributed by atoms with E-state index in [1.165, 1.54) is 19.2 Å². The molecule has 3 rings (SSSR count). The van der Waals surface area contributed by atoms with Crippen molar-refractivity contribution >= 4 is 48.4 Å². The minimum atomic E-state index is -3.54. The van der Waals surface area contributed by atoms with E-state index in [0.29, 0.717) is 21.6 Å². The van der Waals surface area contributed by atoms with Gasteiger partial charge in [-0.05, 0) is 34.1 Å². The highest BCUT2D eigenvalue weighted by molar-refractivity contribution is 9.10. The predicted octanol–water partition coefficient (Wildman–Crippen LogP) is 5.13. The smallest absolute Gasteiger partial charge is 0.232 e. The van der Waals surface area contributed by atoms with Crippen molar-refractivity contribution in [1.82, 2.24) is 0 Å². The molecule has 0 radical (unpaired) electrons. The number of rotatable bonds is 5. The summed E-state index contributed by atoms with van der Waals surface area (Å²) in [6, 6.07) is 6.00. The molecular formula is C19H16BrF2NO4S. The van der Waals surface area contributed by atoms with E-state index in [9.17, 15) is 22.0 Å². The minimum Gasteiger partial charge on any atom is -0.455 e. The summed E-state index contributed by atoms with van der Waals surface area (Å²) < 4.78 is 58.6. The molecule has 2 aromatic carbocycles. The third-order valence-electron chi connectivity index (χ3n) is 4.37. The zero-order valence-corrected chi connectivity index (χ0v) is 17.6. The highest BCUT2D eigenvalue weighted by Gasteiger charge is 2.25. The van der Waals surface area contributed by atoms with Crippen LogP contribution < -0.4 is 4.31 Å². The van der Waals surface area contributed by atoms with Crippen LogP contribution in [0.2, 0.25) is 0 Å². The van der Waals surface area contributed by atoms with Gasteiger partial charge >= 0.3 is 0 Å². The molecule has 0 atom stereocenters. The van der Waals surface area contributed by atoms with Crippen LogP contribution in [-0.4, -0.2) is 27.5 Å². The molecule has 0 spiro atoms. The number of hydrogen-bond acceptors (Lipinski definition) is 4. The number of sulfonamides is 1. The first-order valence-corrected chi connectivity index (χ1v) is 10.9. The Bertz CT molecular complexity index is 1200. The fourth-order valence-corrected chi connectivity index (χ4v) is 4.08. The molecule has 0 aliphatic carbocycles. The molecule has 9 heteroatoms. The lowest BCUT2D eigenvalue weighted by molar-refractivity contribution is 0.0989. The fourth-order valence-electron chi connectivity index (χ4n) is 2.84. The van der Waals surface area contributed by atoms with Crippen LogP contribution in [0.3, 0.4) is 0 Å². The Balaban J connectivity index is 2.34. The van der Waals surface area contributed by atoms with Crippen molar-refractivity contribution in [1.29, 1.82) is 0 Å². The standard InChI is InChI=1S/C19H16BrF2NO4S/c1-4-16(24)18-12-8-13(20)15(23(2)28(3,25)26)9-17(12)27-19(18)11-6-5-10(21)7-14(11)22/h5-9H,4H2,1-3H3. The van der Waals surface area contributed by atoms with E-state index < -0.39 is 21.7 Å². The largest absolute Gasteiger partial charge is 0.455 e. The summed E-state index contributed by atoms with van der Waals surface area (Å²) in [4.78, 5) is 12.6. The van der Waals surface area contributed by atoms with Crippen molar-refractivity contribution in [2.45, 2.75) is 13.3 Å². The second-order valence-electron chi connectivity index (χ2n) is 6.24. The lowest BCUT2D eigenvalue weighted by Gasteiger charge is -2.18. The summed E-state index contributed by atoms with van der Waals surface area (Å²) >= 11 is 3.32. The van der Waals surface area contributed by atoms with Crippen molar-refractivity contribution in [2.75, 3.05) is 17.6 Å². The number of ketones is 1. The number of fused-ring (bicyclic) bond motifs is 1. The maximum absolute atomic E-state index is 14.3. The molecule has 0 aliphatic heterocycles. The molecule has 28 heavy (non-hydrogen) atoms. The molecule has 1 aromatic heterocycles. The van der Waals surface area contributed by atoms with Gasteiger partial charge in [0.2, 0.25) is 10.0 Å². The van der Waals surface area contributed by atoms with E-state index in [1.54, 1.807) is 13.0 Å². The number of furan rings is 1. The quantitative estimate of drug-likeness (QED) is 0.483. The first-order valence-electron chi connectivity index (χ1n) is 8.23. The van der Waals surface area contributed by atoms with Gasteiger partial charge in [-0.1, -0.05) is 6.92 Å². The number of carbonyl (C=O) groups excluding carboxylic acids is 1. The summed E-state index contributed by atoms with van der Waals surface area (Å²) in [5, 5.41) is 0.406. The van der Waals surface area contributed by atoms with E-state index in [1.807, 2.05) is 0 Å². The Labute approximate surface area is 169 Å². The molecule has 0 fully saturated rings. The van der Waals surface area contributed by atoms with Gasteiger partial charge in [-0.2, -0.15) is 0 Å². The molecule has 3 aromatic rings. The van der Waals surface area contributed by atoms with Crippen LogP contribution >= 0.6 is 15.9 Å². The van der Waals surface area contributed by atoms with E-state index in [4.69, 9.17) is 4.42 Å². The van der Waals surface area contributed by atoms with Gasteiger partial charge in [-0.25, -0.2) is 17.2 Å². The van der Waals surface area contributed by atoms with Crippen LogP contribution in [-0.2, 0) is 10.0 Å². The van der Waals surface area contributed by atoms with Gasteiger partial charge < -0.3 is 4.42 Å². The van der Waals surface area contributed by atoms with Crippen LogP contribution in [0, 0.1) is 11.6 Å². The fraction of sp³-hybridized carbons (Fsp3) is 0.211. The second kappa shape index (κ2) is 7.29. The van der Waals surface area contributed by atoms with E-state index in [-0.39, 0.29) is 34.7 Å². The van der Waals surface area contributed by atoms with Gasteiger partial charge in [0.25, 0.3) is 0 Å². The maximum Gasteiger partial charge on any atom is 0.232 e. The maximum atomic E-state index is 14.3. The third-order valence-corrected chi connectivity index (χ3v) is 6.20. The second-order valence-corrected chi connectivity index (χ2v) is 9.11. The van der Waals surface area contributed by atoms with Crippen LogP contribution in [0.5, 0.6) is 0 Å². The monoisotopic (exact) mass is 471 g/mol. The number of halogens is 3. The lowest BCUT2D eigenvalue weighted by Crippen LogP contribution is -2.25. The van der Waals surface area contributed by atoms with E-state index >= 15 is 0 Å². The average Bonchev–Trinajstić information content (AvgIpc) is 2.96. The van der Waals surface area contributed by atoms with Crippen molar-refractivity contribution in [2.24, 2.45) is 0 Å².